The number of hydrogen-bond donors (Lipinski definition) is 0. The minimum Gasteiger partial charge on any atom is -0.493 e. The van der Waals surface area contributed by atoms with Crippen LogP contribution in [-0.2, 0) is 18.0 Å². The smallest absolute Gasteiger partial charge is 0.338 e. The van der Waals surface area contributed by atoms with E-state index < -0.39 is 5.97 Å². The molecular formula is C31H28O7. The molecule has 0 bridgehead atoms. The third kappa shape index (κ3) is 5.62. The summed E-state index contributed by atoms with van der Waals surface area (Å²) in [4.78, 5) is 25.3. The van der Waals surface area contributed by atoms with Crippen molar-refractivity contribution in [2.75, 3.05) is 21.3 Å². The first kappa shape index (κ1) is 26.3. The van der Waals surface area contributed by atoms with E-state index in [2.05, 4.69) is 0 Å². The average Bonchev–Trinajstić information content (AvgIpc) is 2.98. The van der Waals surface area contributed by atoms with E-state index in [1.54, 1.807) is 24.3 Å². The van der Waals surface area contributed by atoms with Gasteiger partial charge in [0.1, 0.15) is 13.2 Å². The highest BCUT2D eigenvalue weighted by molar-refractivity contribution is 6.04. The minimum atomic E-state index is -0.610. The van der Waals surface area contributed by atoms with Crippen LogP contribution in [0.2, 0.25) is 0 Å². The fraction of sp³-hybridized carbons (Fsp3) is 0.161. The number of methoxy groups -OCH3 is 3. The van der Waals surface area contributed by atoms with Crippen LogP contribution in [0.4, 0.5) is 0 Å². The second-order valence-corrected chi connectivity index (χ2v) is 8.24. The molecule has 194 valence electrons. The summed E-state index contributed by atoms with van der Waals surface area (Å²) in [6, 6.07) is 25.6. The number of carbonyl (C=O) groups is 2. The van der Waals surface area contributed by atoms with Gasteiger partial charge in [-0.3, -0.25) is 4.79 Å². The third-order valence-corrected chi connectivity index (χ3v) is 5.95. The molecule has 0 N–H and O–H groups in total. The van der Waals surface area contributed by atoms with Gasteiger partial charge in [-0.05, 0) is 35.4 Å². The van der Waals surface area contributed by atoms with Crippen molar-refractivity contribution in [3.05, 3.63) is 107 Å². The summed E-state index contributed by atoms with van der Waals surface area (Å²) in [7, 11) is 4.31. The third-order valence-electron chi connectivity index (χ3n) is 5.95. The number of benzene rings is 4. The zero-order valence-electron chi connectivity index (χ0n) is 21.4. The molecule has 38 heavy (non-hydrogen) atoms. The van der Waals surface area contributed by atoms with Gasteiger partial charge in [0.25, 0.3) is 0 Å². The quantitative estimate of drug-likeness (QED) is 0.177. The highest BCUT2D eigenvalue weighted by Crippen LogP contribution is 2.49. The summed E-state index contributed by atoms with van der Waals surface area (Å²) in [6.45, 7) is 0.389. The molecule has 0 aliphatic rings. The number of ether oxygens (including phenoxy) is 5. The van der Waals surface area contributed by atoms with Crippen LogP contribution >= 0.6 is 0 Å². The van der Waals surface area contributed by atoms with Gasteiger partial charge in [-0.2, -0.15) is 0 Å². The molecule has 4 aromatic carbocycles. The molecule has 0 fully saturated rings. The normalized spacial score (nSPS) is 10.4. The van der Waals surface area contributed by atoms with E-state index in [1.165, 1.54) is 21.3 Å². The van der Waals surface area contributed by atoms with Gasteiger partial charge in [0, 0.05) is 16.7 Å². The molecule has 0 saturated heterocycles. The van der Waals surface area contributed by atoms with Crippen molar-refractivity contribution >= 4 is 12.3 Å². The molecule has 0 radical (unpaired) electrons. The number of rotatable bonds is 11. The molecule has 0 heterocycles. The summed E-state index contributed by atoms with van der Waals surface area (Å²) in [5.74, 6) is 0.691. The first-order valence-corrected chi connectivity index (χ1v) is 11.9. The second-order valence-electron chi connectivity index (χ2n) is 8.24. The Labute approximate surface area is 221 Å². The van der Waals surface area contributed by atoms with Crippen molar-refractivity contribution in [2.45, 2.75) is 13.2 Å². The van der Waals surface area contributed by atoms with Crippen LogP contribution in [0.3, 0.4) is 0 Å². The topological polar surface area (TPSA) is 80.3 Å². The Hall–Kier alpha value is -4.78. The van der Waals surface area contributed by atoms with Crippen molar-refractivity contribution < 1.29 is 33.3 Å². The van der Waals surface area contributed by atoms with Gasteiger partial charge in [0.05, 0.1) is 26.9 Å². The van der Waals surface area contributed by atoms with Gasteiger partial charge in [0.2, 0.25) is 0 Å². The van der Waals surface area contributed by atoms with Gasteiger partial charge in [-0.25, -0.2) is 4.79 Å². The maximum atomic E-state index is 13.0. The molecule has 4 rings (SSSR count). The summed E-state index contributed by atoms with van der Waals surface area (Å²) in [6.07, 6.45) is 0.700. The highest BCUT2D eigenvalue weighted by atomic mass is 16.5. The lowest BCUT2D eigenvalue weighted by Gasteiger charge is -2.22. The zero-order valence-corrected chi connectivity index (χ0v) is 21.4. The second kappa shape index (κ2) is 12.5. The molecule has 0 aromatic heterocycles. The van der Waals surface area contributed by atoms with Crippen molar-refractivity contribution in [1.82, 2.24) is 0 Å². The molecule has 0 aliphatic carbocycles. The first-order valence-electron chi connectivity index (χ1n) is 11.9. The van der Waals surface area contributed by atoms with Gasteiger partial charge < -0.3 is 23.7 Å². The number of esters is 1. The Bertz CT molecular complexity index is 1400. The maximum Gasteiger partial charge on any atom is 0.338 e. The van der Waals surface area contributed by atoms with Crippen LogP contribution in [0.15, 0.2) is 84.9 Å². The van der Waals surface area contributed by atoms with E-state index in [0.717, 1.165) is 11.1 Å². The van der Waals surface area contributed by atoms with E-state index in [1.807, 2.05) is 60.7 Å². The molecule has 0 atom stereocenters. The lowest BCUT2D eigenvalue weighted by atomic mass is 9.92. The van der Waals surface area contributed by atoms with Crippen molar-refractivity contribution in [3.63, 3.8) is 0 Å². The maximum absolute atomic E-state index is 13.0. The lowest BCUT2D eigenvalue weighted by molar-refractivity contribution is 0.0601. The van der Waals surface area contributed by atoms with Gasteiger partial charge in [-0.1, -0.05) is 60.7 Å². The number of aldehydes is 1. The molecule has 0 saturated carbocycles. The monoisotopic (exact) mass is 512 g/mol. The van der Waals surface area contributed by atoms with E-state index in [-0.39, 0.29) is 35.8 Å². The van der Waals surface area contributed by atoms with Crippen LogP contribution in [0, 0.1) is 0 Å². The molecule has 0 amide bonds. The fourth-order valence-corrected chi connectivity index (χ4v) is 4.09. The fourth-order valence-electron chi connectivity index (χ4n) is 4.09. The molecule has 7 heteroatoms. The Morgan fingerprint density at radius 1 is 0.658 bits per heavy atom. The van der Waals surface area contributed by atoms with Gasteiger partial charge in [-0.15, -0.1) is 0 Å². The Morgan fingerprint density at radius 3 is 1.63 bits per heavy atom. The van der Waals surface area contributed by atoms with Crippen LogP contribution < -0.4 is 18.9 Å². The van der Waals surface area contributed by atoms with Gasteiger partial charge in [0.15, 0.2) is 29.3 Å². The lowest BCUT2D eigenvalue weighted by Crippen LogP contribution is -2.10. The standard InChI is InChI=1S/C31H28O7/c1-34-25-16-14-23(18-32)27(29(25)37-19-21-10-6-4-7-11-21)28-24(31(33)36-3)15-17-26(35-2)30(28)38-20-22-12-8-5-9-13-22/h4-18H,19-20H2,1-3H3. The molecular weight excluding hydrogens is 484 g/mol. The molecule has 0 aliphatic heterocycles. The minimum absolute atomic E-state index is 0.178. The van der Waals surface area contributed by atoms with Crippen molar-refractivity contribution in [3.8, 4) is 34.1 Å². The average molecular weight is 513 g/mol. The van der Waals surface area contributed by atoms with Gasteiger partial charge >= 0.3 is 5.97 Å². The van der Waals surface area contributed by atoms with Crippen molar-refractivity contribution in [1.29, 1.82) is 0 Å². The SMILES string of the molecule is COC(=O)c1ccc(OC)c(OCc2ccccc2)c1-c1c(C=O)ccc(OC)c1OCc1ccccc1. The zero-order chi connectivity index (χ0) is 26.9. The number of carbonyl (C=O) groups excluding carboxylic acids is 2. The summed E-state index contributed by atoms with van der Waals surface area (Å²) in [5, 5.41) is 0. The predicted molar refractivity (Wildman–Crippen MR) is 143 cm³/mol. The van der Waals surface area contributed by atoms with Crippen LogP contribution in [0.1, 0.15) is 31.8 Å². The van der Waals surface area contributed by atoms with E-state index in [9.17, 15) is 9.59 Å². The van der Waals surface area contributed by atoms with E-state index in [0.29, 0.717) is 28.9 Å². The highest BCUT2D eigenvalue weighted by Gasteiger charge is 2.29. The summed E-state index contributed by atoms with van der Waals surface area (Å²) < 4.78 is 28.9. The molecule has 7 nitrogen and oxygen atoms in total. The first-order chi connectivity index (χ1) is 18.6. The summed E-state index contributed by atoms with van der Waals surface area (Å²) in [5.41, 5.74) is 2.91. The Balaban J connectivity index is 1.96. The van der Waals surface area contributed by atoms with E-state index in [4.69, 9.17) is 23.7 Å². The van der Waals surface area contributed by atoms with E-state index >= 15 is 0 Å². The molecule has 0 spiro atoms. The Kier molecular flexibility index (Phi) is 8.61. The largest absolute Gasteiger partial charge is 0.493 e. The summed E-state index contributed by atoms with van der Waals surface area (Å²) >= 11 is 0. The Morgan fingerprint density at radius 2 is 1.16 bits per heavy atom. The van der Waals surface area contributed by atoms with Crippen LogP contribution in [-0.4, -0.2) is 33.6 Å². The van der Waals surface area contributed by atoms with Crippen LogP contribution in [0.25, 0.3) is 11.1 Å². The molecule has 0 unspecified atom stereocenters. The van der Waals surface area contributed by atoms with Crippen molar-refractivity contribution in [2.24, 2.45) is 0 Å². The predicted octanol–water partition coefficient (Wildman–Crippen LogP) is 6.13. The van der Waals surface area contributed by atoms with Crippen LogP contribution in [0.5, 0.6) is 23.0 Å². The number of hydrogen-bond acceptors (Lipinski definition) is 7. The molecule has 4 aromatic rings.